The Morgan fingerprint density at radius 2 is 1.88 bits per heavy atom. The van der Waals surface area contributed by atoms with Crippen molar-refractivity contribution < 1.29 is 9.90 Å². The van der Waals surface area contributed by atoms with Gasteiger partial charge in [0.25, 0.3) is 0 Å². The maximum absolute atomic E-state index is 10.9. The second-order valence-corrected chi connectivity index (χ2v) is 5.75. The van der Waals surface area contributed by atoms with E-state index in [2.05, 4.69) is 26.9 Å². The first-order valence-corrected chi connectivity index (χ1v) is 7.85. The molecule has 0 aliphatic heterocycles. The van der Waals surface area contributed by atoms with Gasteiger partial charge in [-0.05, 0) is 30.5 Å². The van der Waals surface area contributed by atoms with Gasteiger partial charge in [-0.15, -0.1) is 0 Å². The second kappa shape index (κ2) is 6.68. The molecule has 0 spiro atoms. The highest BCUT2D eigenvalue weighted by Gasteiger charge is 2.16. The van der Waals surface area contributed by atoms with E-state index >= 15 is 0 Å². The van der Waals surface area contributed by atoms with Gasteiger partial charge in [-0.3, -0.25) is 0 Å². The maximum atomic E-state index is 10.9. The van der Waals surface area contributed by atoms with E-state index in [1.54, 1.807) is 18.3 Å². The number of fused-ring (bicyclic) bond motifs is 1. The van der Waals surface area contributed by atoms with Crippen LogP contribution in [0.1, 0.15) is 40.9 Å². The molecule has 128 valence electrons. The largest absolute Gasteiger partial charge is 0.478 e. The van der Waals surface area contributed by atoms with Crippen molar-refractivity contribution in [3.8, 4) is 0 Å². The first-order valence-electron chi connectivity index (χ1n) is 7.85. The number of nitrogen functional groups attached to an aromatic ring is 2. The van der Waals surface area contributed by atoms with Crippen LogP contribution in [-0.4, -0.2) is 31.0 Å². The highest BCUT2D eigenvalue weighted by atomic mass is 16.4. The Labute approximate surface area is 144 Å². The lowest BCUT2D eigenvalue weighted by Gasteiger charge is -2.15. The highest BCUT2D eigenvalue weighted by molar-refractivity contribution is 5.87. The molecule has 5 N–H and O–H groups in total. The van der Waals surface area contributed by atoms with Crippen LogP contribution in [0.4, 0.5) is 11.8 Å². The Kier molecular flexibility index (Phi) is 4.42. The fourth-order valence-electron chi connectivity index (χ4n) is 2.68. The number of aromatic nitrogens is 4. The van der Waals surface area contributed by atoms with E-state index in [-0.39, 0.29) is 23.2 Å². The van der Waals surface area contributed by atoms with E-state index in [1.807, 2.05) is 12.1 Å². The molecule has 0 saturated heterocycles. The standard InChI is InChI=1S/C17H18N6O2/c1-2-10(7-9-3-5-11(6-4-9)16(24)25)12-8-20-15-13(21-12)14(18)22-17(19)23-15/h3-6,8,10H,2,7H2,1H3,(H,24,25)(H4,18,19,20,22,23). The summed E-state index contributed by atoms with van der Waals surface area (Å²) in [4.78, 5) is 27.8. The third-order valence-electron chi connectivity index (χ3n) is 4.06. The first kappa shape index (κ1) is 16.6. The van der Waals surface area contributed by atoms with Crippen LogP contribution >= 0.6 is 0 Å². The summed E-state index contributed by atoms with van der Waals surface area (Å²) < 4.78 is 0. The highest BCUT2D eigenvalue weighted by Crippen LogP contribution is 2.25. The van der Waals surface area contributed by atoms with Gasteiger partial charge in [-0.1, -0.05) is 19.1 Å². The molecule has 1 aromatic carbocycles. The summed E-state index contributed by atoms with van der Waals surface area (Å²) in [5, 5.41) is 8.98. The molecule has 8 heteroatoms. The van der Waals surface area contributed by atoms with E-state index in [4.69, 9.17) is 16.6 Å². The zero-order chi connectivity index (χ0) is 18.0. The third-order valence-corrected chi connectivity index (χ3v) is 4.06. The topological polar surface area (TPSA) is 141 Å². The van der Waals surface area contributed by atoms with Gasteiger partial charge in [0.1, 0.15) is 0 Å². The number of nitrogens with two attached hydrogens (primary N) is 2. The SMILES string of the molecule is CCC(Cc1ccc(C(=O)O)cc1)c1cnc2nc(N)nc(N)c2n1. The summed E-state index contributed by atoms with van der Waals surface area (Å²) >= 11 is 0. The Hall–Kier alpha value is -3.29. The van der Waals surface area contributed by atoms with Gasteiger partial charge in [-0.2, -0.15) is 9.97 Å². The number of carbonyl (C=O) groups is 1. The fourth-order valence-corrected chi connectivity index (χ4v) is 2.68. The number of rotatable bonds is 5. The van der Waals surface area contributed by atoms with Gasteiger partial charge >= 0.3 is 5.97 Å². The lowest BCUT2D eigenvalue weighted by atomic mass is 9.93. The molecular weight excluding hydrogens is 320 g/mol. The molecule has 8 nitrogen and oxygen atoms in total. The molecule has 25 heavy (non-hydrogen) atoms. The molecule has 0 bridgehead atoms. The predicted octanol–water partition coefficient (Wildman–Crippen LogP) is 2.02. The molecule has 0 saturated carbocycles. The quantitative estimate of drug-likeness (QED) is 0.641. The maximum Gasteiger partial charge on any atom is 0.335 e. The van der Waals surface area contributed by atoms with Crippen molar-refractivity contribution >= 4 is 28.9 Å². The van der Waals surface area contributed by atoms with Crippen molar-refractivity contribution in [3.05, 3.63) is 47.3 Å². The number of hydrogen-bond donors (Lipinski definition) is 3. The Balaban J connectivity index is 1.90. The zero-order valence-corrected chi connectivity index (χ0v) is 13.7. The molecule has 0 fully saturated rings. The van der Waals surface area contributed by atoms with Crippen LogP contribution in [-0.2, 0) is 6.42 Å². The van der Waals surface area contributed by atoms with E-state index in [1.165, 1.54) is 0 Å². The minimum Gasteiger partial charge on any atom is -0.478 e. The summed E-state index contributed by atoms with van der Waals surface area (Å²) in [6.45, 7) is 2.06. The molecule has 3 rings (SSSR count). The van der Waals surface area contributed by atoms with Gasteiger partial charge in [0.05, 0.1) is 17.5 Å². The van der Waals surface area contributed by atoms with E-state index < -0.39 is 5.97 Å². The van der Waals surface area contributed by atoms with Gasteiger partial charge in [0.15, 0.2) is 17.0 Å². The van der Waals surface area contributed by atoms with Gasteiger partial charge in [0, 0.05) is 5.92 Å². The molecule has 3 aromatic rings. The van der Waals surface area contributed by atoms with Crippen LogP contribution in [0.15, 0.2) is 30.5 Å². The van der Waals surface area contributed by atoms with Crippen LogP contribution in [0.3, 0.4) is 0 Å². The lowest BCUT2D eigenvalue weighted by Crippen LogP contribution is -2.08. The summed E-state index contributed by atoms with van der Waals surface area (Å²) in [6, 6.07) is 6.84. The molecule has 0 aliphatic rings. The van der Waals surface area contributed by atoms with Crippen LogP contribution in [0.2, 0.25) is 0 Å². The molecule has 0 amide bonds. The predicted molar refractivity (Wildman–Crippen MR) is 94.1 cm³/mol. The van der Waals surface area contributed by atoms with Crippen molar-refractivity contribution in [3.63, 3.8) is 0 Å². The molecule has 2 aromatic heterocycles. The number of benzene rings is 1. The van der Waals surface area contributed by atoms with Crippen molar-refractivity contribution in [1.82, 2.24) is 19.9 Å². The lowest BCUT2D eigenvalue weighted by molar-refractivity contribution is 0.0697. The van der Waals surface area contributed by atoms with Crippen LogP contribution in [0, 0.1) is 0 Å². The molecule has 2 heterocycles. The van der Waals surface area contributed by atoms with Crippen LogP contribution in [0.25, 0.3) is 11.2 Å². The van der Waals surface area contributed by atoms with Crippen LogP contribution < -0.4 is 11.5 Å². The van der Waals surface area contributed by atoms with E-state index in [0.29, 0.717) is 17.6 Å². The number of carboxylic acid groups (broad SMARTS) is 1. The molecule has 1 unspecified atom stereocenters. The minimum atomic E-state index is -0.936. The second-order valence-electron chi connectivity index (χ2n) is 5.75. The number of anilines is 2. The zero-order valence-electron chi connectivity index (χ0n) is 13.7. The van der Waals surface area contributed by atoms with Gasteiger partial charge in [0.2, 0.25) is 5.95 Å². The summed E-state index contributed by atoms with van der Waals surface area (Å²) in [5.74, 6) is -0.548. The molecular formula is C17H18N6O2. The van der Waals surface area contributed by atoms with Gasteiger partial charge in [-0.25, -0.2) is 14.8 Å². The molecule has 0 aliphatic carbocycles. The Morgan fingerprint density at radius 3 is 2.52 bits per heavy atom. The first-order chi connectivity index (χ1) is 12.0. The van der Waals surface area contributed by atoms with Crippen molar-refractivity contribution in [2.24, 2.45) is 0 Å². The average molecular weight is 338 g/mol. The number of nitrogens with zero attached hydrogens (tertiary/aromatic N) is 4. The Bertz CT molecular complexity index is 926. The monoisotopic (exact) mass is 338 g/mol. The van der Waals surface area contributed by atoms with Crippen molar-refractivity contribution in [2.45, 2.75) is 25.7 Å². The fraction of sp³-hybridized carbons (Fsp3) is 0.235. The average Bonchev–Trinajstić information content (AvgIpc) is 2.60. The van der Waals surface area contributed by atoms with Gasteiger partial charge < -0.3 is 16.6 Å². The summed E-state index contributed by atoms with van der Waals surface area (Å²) in [5.41, 5.74) is 14.3. The number of aromatic carboxylic acids is 1. The normalized spacial score (nSPS) is 12.2. The van der Waals surface area contributed by atoms with E-state index in [0.717, 1.165) is 17.7 Å². The number of carboxylic acids is 1. The van der Waals surface area contributed by atoms with E-state index in [9.17, 15) is 4.79 Å². The van der Waals surface area contributed by atoms with Crippen molar-refractivity contribution in [1.29, 1.82) is 0 Å². The molecule has 1 atom stereocenters. The summed E-state index contributed by atoms with van der Waals surface area (Å²) in [6.07, 6.45) is 3.23. The number of hydrogen-bond acceptors (Lipinski definition) is 7. The summed E-state index contributed by atoms with van der Waals surface area (Å²) in [7, 11) is 0. The molecule has 0 radical (unpaired) electrons. The smallest absolute Gasteiger partial charge is 0.335 e. The minimum absolute atomic E-state index is 0.0672. The Morgan fingerprint density at radius 1 is 1.16 bits per heavy atom. The third kappa shape index (κ3) is 3.47. The van der Waals surface area contributed by atoms with Crippen molar-refractivity contribution in [2.75, 3.05) is 11.5 Å². The van der Waals surface area contributed by atoms with Crippen LogP contribution in [0.5, 0.6) is 0 Å².